The van der Waals surface area contributed by atoms with E-state index in [0.29, 0.717) is 11.0 Å². The maximum Gasteiger partial charge on any atom is 0.202 e. The van der Waals surface area contributed by atoms with Crippen LogP contribution in [0.1, 0.15) is 5.56 Å². The van der Waals surface area contributed by atoms with E-state index in [9.17, 15) is 0 Å². The minimum absolute atomic E-state index is 0.676. The molecule has 1 aliphatic rings. The van der Waals surface area contributed by atoms with E-state index in [0.717, 1.165) is 27.7 Å². The second-order valence-corrected chi connectivity index (χ2v) is 8.67. The van der Waals surface area contributed by atoms with Crippen molar-refractivity contribution in [1.29, 1.82) is 0 Å². The predicted molar refractivity (Wildman–Crippen MR) is 155 cm³/mol. The zero-order valence-corrected chi connectivity index (χ0v) is 20.2. The minimum Gasteiger partial charge on any atom is -0.269 e. The third-order valence-electron chi connectivity index (χ3n) is 5.16. The molecule has 1 saturated heterocycles. The summed E-state index contributed by atoms with van der Waals surface area (Å²) in [4.78, 5) is 11.9. The number of aliphatic imine (C=N–C) groups is 2. The molecule has 1 fully saturated rings. The Morgan fingerprint density at radius 1 is 0.611 bits per heavy atom. The molecule has 6 heteroatoms. The van der Waals surface area contributed by atoms with Gasteiger partial charge >= 0.3 is 0 Å². The van der Waals surface area contributed by atoms with E-state index in [1.165, 1.54) is 11.8 Å². The molecule has 0 spiro atoms. The van der Waals surface area contributed by atoms with Crippen molar-refractivity contribution in [3.63, 3.8) is 0 Å². The van der Waals surface area contributed by atoms with E-state index in [1.807, 2.05) is 138 Å². The fourth-order valence-corrected chi connectivity index (χ4v) is 4.42. The molecule has 0 aliphatic carbocycles. The lowest BCUT2D eigenvalue weighted by atomic mass is 10.2. The minimum atomic E-state index is 0.676. The van der Waals surface area contributed by atoms with Crippen molar-refractivity contribution >= 4 is 57.2 Å². The number of nitrogens with zero attached hydrogens (tertiary/aromatic N) is 5. The number of rotatable bonds is 6. The van der Waals surface area contributed by atoms with Crippen molar-refractivity contribution in [1.82, 2.24) is 0 Å². The number of thioether (sulfide) groups is 1. The van der Waals surface area contributed by atoms with Crippen molar-refractivity contribution in [2.45, 2.75) is 0 Å². The molecule has 0 atom stereocenters. The second-order valence-electron chi connectivity index (χ2n) is 7.71. The summed E-state index contributed by atoms with van der Waals surface area (Å²) < 4.78 is 0. The summed E-state index contributed by atoms with van der Waals surface area (Å²) in [6, 6.07) is 39.9. The molecule has 4 aromatic carbocycles. The van der Waals surface area contributed by atoms with Crippen molar-refractivity contribution in [3.8, 4) is 0 Å². The first-order valence-electron chi connectivity index (χ1n) is 11.5. The van der Waals surface area contributed by atoms with E-state index in [4.69, 9.17) is 9.98 Å². The van der Waals surface area contributed by atoms with Crippen LogP contribution in [0.3, 0.4) is 0 Å². The van der Waals surface area contributed by atoms with Crippen LogP contribution in [-0.4, -0.2) is 22.3 Å². The highest BCUT2D eigenvalue weighted by atomic mass is 32.2. The number of hydrogen-bond acceptors (Lipinski definition) is 5. The Balaban J connectivity index is 1.55. The number of amidine groups is 2. The Morgan fingerprint density at radius 3 is 1.81 bits per heavy atom. The van der Waals surface area contributed by atoms with Gasteiger partial charge in [0.25, 0.3) is 0 Å². The van der Waals surface area contributed by atoms with E-state index < -0.39 is 0 Å². The Bertz CT molecular complexity index is 1430. The summed E-state index contributed by atoms with van der Waals surface area (Å²) in [5, 5.41) is 10.3. The number of para-hydroxylation sites is 3. The molecule has 5 nitrogen and oxygen atoms in total. The molecular formula is C30H23N5S. The second kappa shape index (κ2) is 11.7. The van der Waals surface area contributed by atoms with Crippen molar-refractivity contribution < 1.29 is 0 Å². The smallest absolute Gasteiger partial charge is 0.202 e. The van der Waals surface area contributed by atoms with Crippen LogP contribution >= 0.6 is 11.8 Å². The van der Waals surface area contributed by atoms with Gasteiger partial charge in [-0.3, -0.25) is 4.90 Å². The van der Waals surface area contributed by atoms with Crippen LogP contribution in [-0.2, 0) is 0 Å². The SMILES string of the molecule is C(/C=C/c1ccccc1)=NN=C1SC(=Nc2ccccc2)C(=Nc2ccccc2)N1c1ccccc1. The maximum absolute atomic E-state index is 4.97. The average molecular weight is 486 g/mol. The summed E-state index contributed by atoms with van der Waals surface area (Å²) >= 11 is 1.45. The van der Waals surface area contributed by atoms with Gasteiger partial charge in [-0.25, -0.2) is 9.98 Å². The molecule has 0 saturated carbocycles. The van der Waals surface area contributed by atoms with Crippen molar-refractivity contribution in [3.05, 3.63) is 133 Å². The van der Waals surface area contributed by atoms with Crippen LogP contribution in [0.25, 0.3) is 6.08 Å². The maximum atomic E-state index is 4.97. The lowest BCUT2D eigenvalue weighted by molar-refractivity contribution is 1.24. The number of hydrogen-bond donors (Lipinski definition) is 0. The highest BCUT2D eigenvalue weighted by Gasteiger charge is 2.34. The Hall–Kier alpha value is -4.55. The fourth-order valence-electron chi connectivity index (χ4n) is 3.49. The Kier molecular flexibility index (Phi) is 7.56. The van der Waals surface area contributed by atoms with Gasteiger partial charge in [0.1, 0.15) is 5.04 Å². The molecule has 174 valence electrons. The standard InChI is InChI=1S/C30H23N5S/c1-5-14-24(15-6-1)16-13-23-31-34-30-35(27-21-11-4-12-22-27)28(32-25-17-7-2-8-18-25)29(36-30)33-26-19-9-3-10-20-26/h1-23H/b16-13+,31-23?,32-28?,33-29?,34-30?. The summed E-state index contributed by atoms with van der Waals surface area (Å²) in [5.41, 5.74) is 3.73. The highest BCUT2D eigenvalue weighted by molar-refractivity contribution is 8.29. The molecule has 4 aromatic rings. The van der Waals surface area contributed by atoms with Gasteiger partial charge in [0.05, 0.1) is 11.4 Å². The molecular weight excluding hydrogens is 462 g/mol. The topological polar surface area (TPSA) is 52.7 Å². The van der Waals surface area contributed by atoms with Gasteiger partial charge in [0.15, 0.2) is 5.84 Å². The van der Waals surface area contributed by atoms with Gasteiger partial charge in [-0.2, -0.15) is 5.10 Å². The van der Waals surface area contributed by atoms with Crippen LogP contribution in [0.2, 0.25) is 0 Å². The molecule has 36 heavy (non-hydrogen) atoms. The number of benzene rings is 4. The number of anilines is 1. The Labute approximate surface area is 215 Å². The summed E-state index contributed by atoms with van der Waals surface area (Å²) in [5.74, 6) is 0.704. The van der Waals surface area contributed by atoms with Crippen LogP contribution in [0.5, 0.6) is 0 Å². The van der Waals surface area contributed by atoms with Gasteiger partial charge in [-0.15, -0.1) is 5.10 Å². The fraction of sp³-hybridized carbons (Fsp3) is 0. The van der Waals surface area contributed by atoms with Crippen LogP contribution in [0.15, 0.2) is 148 Å². The zero-order valence-electron chi connectivity index (χ0n) is 19.4. The normalized spacial score (nSPS) is 17.2. The first-order valence-corrected chi connectivity index (χ1v) is 12.3. The molecule has 0 unspecified atom stereocenters. The van der Waals surface area contributed by atoms with E-state index >= 15 is 0 Å². The zero-order chi connectivity index (χ0) is 24.4. The van der Waals surface area contributed by atoms with Gasteiger partial charge < -0.3 is 0 Å². The molecule has 1 aliphatic heterocycles. The molecule has 0 N–H and O–H groups in total. The van der Waals surface area contributed by atoms with Gasteiger partial charge in [-0.1, -0.05) is 91.0 Å². The molecule has 5 rings (SSSR count). The quantitative estimate of drug-likeness (QED) is 0.207. The predicted octanol–water partition coefficient (Wildman–Crippen LogP) is 7.76. The third kappa shape index (κ3) is 5.92. The van der Waals surface area contributed by atoms with E-state index in [1.54, 1.807) is 6.21 Å². The first kappa shape index (κ1) is 23.2. The number of allylic oxidation sites excluding steroid dienone is 1. The monoisotopic (exact) mass is 485 g/mol. The third-order valence-corrected chi connectivity index (χ3v) is 6.07. The van der Waals surface area contributed by atoms with E-state index in [2.05, 4.69) is 10.2 Å². The molecule has 0 amide bonds. The van der Waals surface area contributed by atoms with Crippen molar-refractivity contribution in [2.75, 3.05) is 4.90 Å². The Morgan fingerprint density at radius 2 is 1.17 bits per heavy atom. The molecule has 0 aromatic heterocycles. The van der Waals surface area contributed by atoms with Gasteiger partial charge in [-0.05, 0) is 59.8 Å². The largest absolute Gasteiger partial charge is 0.269 e. The van der Waals surface area contributed by atoms with Crippen LogP contribution in [0, 0.1) is 0 Å². The molecule has 0 radical (unpaired) electrons. The lowest BCUT2D eigenvalue weighted by Crippen LogP contribution is -2.30. The van der Waals surface area contributed by atoms with Gasteiger partial charge in [0.2, 0.25) is 5.17 Å². The van der Waals surface area contributed by atoms with Crippen LogP contribution < -0.4 is 4.90 Å². The first-order chi connectivity index (χ1) is 17.9. The lowest BCUT2D eigenvalue weighted by Gasteiger charge is -2.17. The molecule has 1 heterocycles. The summed E-state index contributed by atoms with van der Waals surface area (Å²) in [6.45, 7) is 0. The van der Waals surface area contributed by atoms with E-state index in [-0.39, 0.29) is 0 Å². The van der Waals surface area contributed by atoms with Gasteiger partial charge in [0, 0.05) is 11.9 Å². The summed E-state index contributed by atoms with van der Waals surface area (Å²) in [6.07, 6.45) is 5.55. The summed E-state index contributed by atoms with van der Waals surface area (Å²) in [7, 11) is 0. The average Bonchev–Trinajstić information content (AvgIpc) is 3.27. The molecule has 0 bridgehead atoms. The van der Waals surface area contributed by atoms with Crippen LogP contribution in [0.4, 0.5) is 17.1 Å². The van der Waals surface area contributed by atoms with Crippen molar-refractivity contribution in [2.24, 2.45) is 20.2 Å². The highest BCUT2D eigenvalue weighted by Crippen LogP contribution is 2.32.